The summed E-state index contributed by atoms with van der Waals surface area (Å²) in [4.78, 5) is 26.6. The first kappa shape index (κ1) is 18.3. The van der Waals surface area contributed by atoms with Gasteiger partial charge in [0.25, 0.3) is 0 Å². The van der Waals surface area contributed by atoms with Gasteiger partial charge in [0, 0.05) is 19.6 Å². The molecule has 1 amide bonds. The zero-order chi connectivity index (χ0) is 19.0. The molecule has 3 aliphatic rings. The van der Waals surface area contributed by atoms with Crippen molar-refractivity contribution in [2.75, 3.05) is 26.7 Å². The Balaban J connectivity index is 1.38. The van der Waals surface area contributed by atoms with Gasteiger partial charge in [0.05, 0.1) is 13.0 Å². The smallest absolute Gasteiger partial charge is 0.308 e. The van der Waals surface area contributed by atoms with Crippen molar-refractivity contribution >= 4 is 11.9 Å². The van der Waals surface area contributed by atoms with Gasteiger partial charge in [-0.1, -0.05) is 12.1 Å². The van der Waals surface area contributed by atoms with Crippen LogP contribution in [0.15, 0.2) is 24.3 Å². The molecule has 2 unspecified atom stereocenters. The predicted octanol–water partition coefficient (Wildman–Crippen LogP) is 2.24. The number of amides is 1. The topological polar surface area (TPSA) is 78.9 Å². The number of aliphatic carboxylic acids is 1. The van der Waals surface area contributed by atoms with Crippen molar-refractivity contribution in [3.8, 4) is 5.75 Å². The summed E-state index contributed by atoms with van der Waals surface area (Å²) >= 11 is 0. The summed E-state index contributed by atoms with van der Waals surface area (Å²) in [5.41, 5.74) is 1.38. The second-order valence-electron chi connectivity index (χ2n) is 8.38. The van der Waals surface area contributed by atoms with Crippen LogP contribution in [0.1, 0.15) is 43.6 Å². The van der Waals surface area contributed by atoms with Gasteiger partial charge >= 0.3 is 5.97 Å². The van der Waals surface area contributed by atoms with Crippen molar-refractivity contribution in [1.82, 2.24) is 10.2 Å². The first-order valence-electron chi connectivity index (χ1n) is 9.90. The van der Waals surface area contributed by atoms with E-state index in [-0.39, 0.29) is 11.3 Å². The summed E-state index contributed by atoms with van der Waals surface area (Å²) in [7, 11) is 1.67. The second kappa shape index (κ2) is 7.15. The van der Waals surface area contributed by atoms with E-state index in [2.05, 4.69) is 17.4 Å². The lowest BCUT2D eigenvalue weighted by molar-refractivity contribution is -0.151. The lowest BCUT2D eigenvalue weighted by atomic mass is 9.81. The zero-order valence-electron chi connectivity index (χ0n) is 15.8. The van der Waals surface area contributed by atoms with Crippen LogP contribution in [0.5, 0.6) is 5.75 Å². The summed E-state index contributed by atoms with van der Waals surface area (Å²) in [5.74, 6) is -0.228. The van der Waals surface area contributed by atoms with Crippen LogP contribution in [0.2, 0.25) is 0 Å². The summed E-state index contributed by atoms with van der Waals surface area (Å²) in [5, 5.41) is 12.9. The molecule has 2 heterocycles. The standard InChI is InChI=1S/C21H28N2O4/c1-27-16-4-2-3-15(11-16)14-5-9-23(10-6-14)19(24)18-17(20(25)26)12-21(7-8-21)13-22-18/h2-4,11,14,17-18,22H,5-10,12-13H2,1H3,(H,25,26). The maximum atomic E-state index is 13.0. The third-order valence-electron chi connectivity index (χ3n) is 6.66. The molecule has 4 rings (SSSR count). The van der Waals surface area contributed by atoms with Gasteiger partial charge < -0.3 is 20.1 Å². The molecule has 1 aromatic rings. The fourth-order valence-electron chi connectivity index (χ4n) is 4.70. The van der Waals surface area contributed by atoms with Gasteiger partial charge in [-0.25, -0.2) is 0 Å². The Morgan fingerprint density at radius 2 is 2.00 bits per heavy atom. The van der Waals surface area contributed by atoms with Crippen LogP contribution in [0.4, 0.5) is 0 Å². The number of ether oxygens (including phenoxy) is 1. The first-order chi connectivity index (χ1) is 13.0. The first-order valence-corrected chi connectivity index (χ1v) is 9.90. The average Bonchev–Trinajstić information content (AvgIpc) is 3.46. The van der Waals surface area contributed by atoms with E-state index in [0.717, 1.165) is 38.0 Å². The van der Waals surface area contributed by atoms with E-state index < -0.39 is 17.9 Å². The van der Waals surface area contributed by atoms with Crippen LogP contribution in [0.25, 0.3) is 0 Å². The number of hydrogen-bond donors (Lipinski definition) is 2. The van der Waals surface area contributed by atoms with E-state index in [0.29, 0.717) is 25.4 Å². The molecular formula is C21H28N2O4. The van der Waals surface area contributed by atoms with Crippen LogP contribution in [0, 0.1) is 11.3 Å². The van der Waals surface area contributed by atoms with Crippen LogP contribution < -0.4 is 10.1 Å². The van der Waals surface area contributed by atoms with Gasteiger partial charge in [-0.05, 0) is 61.1 Å². The highest BCUT2D eigenvalue weighted by molar-refractivity contribution is 5.88. The van der Waals surface area contributed by atoms with E-state index in [1.54, 1.807) is 7.11 Å². The Morgan fingerprint density at radius 1 is 1.26 bits per heavy atom. The molecule has 0 bridgehead atoms. The number of methoxy groups -OCH3 is 1. The molecule has 1 aromatic carbocycles. The number of carbonyl (C=O) groups excluding carboxylic acids is 1. The SMILES string of the molecule is COc1cccc(C2CCN(C(=O)C3NCC4(CC4)CC3C(=O)O)CC2)c1. The third-order valence-corrected chi connectivity index (χ3v) is 6.66. The highest BCUT2D eigenvalue weighted by atomic mass is 16.5. The highest BCUT2D eigenvalue weighted by Gasteiger charge is 2.52. The summed E-state index contributed by atoms with van der Waals surface area (Å²) in [6, 6.07) is 7.55. The number of carboxylic acids is 1. The van der Waals surface area contributed by atoms with E-state index >= 15 is 0 Å². The molecule has 2 atom stereocenters. The van der Waals surface area contributed by atoms with Crippen molar-refractivity contribution in [2.45, 2.75) is 44.1 Å². The normalized spacial score (nSPS) is 27.4. The largest absolute Gasteiger partial charge is 0.497 e. The van der Waals surface area contributed by atoms with Gasteiger partial charge in [-0.3, -0.25) is 9.59 Å². The minimum absolute atomic E-state index is 0.0398. The van der Waals surface area contributed by atoms with Crippen molar-refractivity contribution in [3.05, 3.63) is 29.8 Å². The molecule has 3 fully saturated rings. The fraction of sp³-hybridized carbons (Fsp3) is 0.619. The van der Waals surface area contributed by atoms with Gasteiger partial charge in [0.1, 0.15) is 11.8 Å². The number of carbonyl (C=O) groups is 2. The van der Waals surface area contributed by atoms with Crippen LogP contribution in [-0.4, -0.2) is 54.7 Å². The molecule has 1 spiro atoms. The Bertz CT molecular complexity index is 723. The molecule has 2 aliphatic heterocycles. The molecule has 1 aliphatic carbocycles. The summed E-state index contributed by atoms with van der Waals surface area (Å²) in [6.45, 7) is 2.13. The molecule has 0 aromatic heterocycles. The van der Waals surface area contributed by atoms with E-state index in [1.165, 1.54) is 5.56 Å². The lowest BCUT2D eigenvalue weighted by Crippen LogP contribution is -2.58. The van der Waals surface area contributed by atoms with Crippen LogP contribution in [0.3, 0.4) is 0 Å². The Kier molecular flexibility index (Phi) is 4.84. The number of rotatable bonds is 4. The molecule has 1 saturated carbocycles. The lowest BCUT2D eigenvalue weighted by Gasteiger charge is -2.39. The number of nitrogens with one attached hydrogen (secondary N) is 1. The van der Waals surface area contributed by atoms with Gasteiger partial charge in [-0.2, -0.15) is 0 Å². The van der Waals surface area contributed by atoms with E-state index in [4.69, 9.17) is 4.74 Å². The quantitative estimate of drug-likeness (QED) is 0.847. The van der Waals surface area contributed by atoms with E-state index in [9.17, 15) is 14.7 Å². The highest BCUT2D eigenvalue weighted by Crippen LogP contribution is 2.52. The molecule has 27 heavy (non-hydrogen) atoms. The molecule has 146 valence electrons. The van der Waals surface area contributed by atoms with Crippen molar-refractivity contribution < 1.29 is 19.4 Å². The fourth-order valence-corrected chi connectivity index (χ4v) is 4.70. The second-order valence-corrected chi connectivity index (χ2v) is 8.38. The number of nitrogens with zero attached hydrogens (tertiary/aromatic N) is 1. The molecule has 6 nitrogen and oxygen atoms in total. The molecule has 6 heteroatoms. The van der Waals surface area contributed by atoms with Crippen LogP contribution in [-0.2, 0) is 9.59 Å². The summed E-state index contributed by atoms with van der Waals surface area (Å²) in [6.07, 6.45) is 4.58. The number of carboxylic acid groups (broad SMARTS) is 1. The van der Waals surface area contributed by atoms with Crippen molar-refractivity contribution in [2.24, 2.45) is 11.3 Å². The number of piperidine rings is 2. The maximum absolute atomic E-state index is 13.0. The minimum Gasteiger partial charge on any atom is -0.497 e. The van der Waals surface area contributed by atoms with E-state index in [1.807, 2.05) is 17.0 Å². The molecule has 2 saturated heterocycles. The third kappa shape index (κ3) is 3.68. The number of likely N-dealkylation sites (tertiary alicyclic amines) is 1. The molecule has 2 N–H and O–H groups in total. The molecule has 0 radical (unpaired) electrons. The Morgan fingerprint density at radius 3 is 2.63 bits per heavy atom. The van der Waals surface area contributed by atoms with Crippen molar-refractivity contribution in [1.29, 1.82) is 0 Å². The Labute approximate surface area is 159 Å². The minimum atomic E-state index is -0.849. The average molecular weight is 372 g/mol. The Hall–Kier alpha value is -2.08. The number of hydrogen-bond acceptors (Lipinski definition) is 4. The van der Waals surface area contributed by atoms with Crippen LogP contribution >= 0.6 is 0 Å². The zero-order valence-corrected chi connectivity index (χ0v) is 15.8. The van der Waals surface area contributed by atoms with Gasteiger partial charge in [-0.15, -0.1) is 0 Å². The number of benzene rings is 1. The maximum Gasteiger partial charge on any atom is 0.308 e. The van der Waals surface area contributed by atoms with Gasteiger partial charge in [0.2, 0.25) is 5.91 Å². The predicted molar refractivity (Wildman–Crippen MR) is 101 cm³/mol. The van der Waals surface area contributed by atoms with Crippen molar-refractivity contribution in [3.63, 3.8) is 0 Å². The van der Waals surface area contributed by atoms with Gasteiger partial charge in [0.15, 0.2) is 0 Å². The monoisotopic (exact) mass is 372 g/mol. The molecular weight excluding hydrogens is 344 g/mol. The summed E-state index contributed by atoms with van der Waals surface area (Å²) < 4.78 is 5.31.